The standard InChI is InChI=1S/C24H33N3O3/c1-19(17-20-5-9-22(29-3)10-6-20)25(2)18-24(28)27-15-13-26(14-16-27)21-7-11-23(30-4)12-8-21/h5-12,19H,13-18H2,1-4H3. The van der Waals surface area contributed by atoms with Crippen molar-refractivity contribution in [3.05, 3.63) is 54.1 Å². The molecule has 30 heavy (non-hydrogen) atoms. The Morgan fingerprint density at radius 2 is 1.47 bits per heavy atom. The van der Waals surface area contributed by atoms with Gasteiger partial charge in [-0.3, -0.25) is 9.69 Å². The van der Waals surface area contributed by atoms with E-state index in [-0.39, 0.29) is 11.9 Å². The summed E-state index contributed by atoms with van der Waals surface area (Å²) >= 11 is 0. The molecule has 0 bridgehead atoms. The first-order chi connectivity index (χ1) is 14.5. The number of carbonyl (C=O) groups excluding carboxylic acids is 1. The number of rotatable bonds is 8. The summed E-state index contributed by atoms with van der Waals surface area (Å²) in [5.74, 6) is 1.93. The molecule has 3 rings (SSSR count). The van der Waals surface area contributed by atoms with Crippen LogP contribution in [-0.4, -0.2) is 75.7 Å². The second-order valence-corrected chi connectivity index (χ2v) is 7.88. The van der Waals surface area contributed by atoms with Crippen LogP contribution in [0.5, 0.6) is 11.5 Å². The summed E-state index contributed by atoms with van der Waals surface area (Å²) in [7, 11) is 5.38. The molecule has 1 atom stereocenters. The molecule has 0 N–H and O–H groups in total. The number of amides is 1. The average molecular weight is 412 g/mol. The Morgan fingerprint density at radius 1 is 0.933 bits per heavy atom. The maximum absolute atomic E-state index is 12.8. The quantitative estimate of drug-likeness (QED) is 0.668. The summed E-state index contributed by atoms with van der Waals surface area (Å²) in [5, 5.41) is 0. The van der Waals surface area contributed by atoms with Crippen molar-refractivity contribution in [1.82, 2.24) is 9.80 Å². The fraction of sp³-hybridized carbons (Fsp3) is 0.458. The number of hydrogen-bond donors (Lipinski definition) is 0. The highest BCUT2D eigenvalue weighted by Crippen LogP contribution is 2.20. The Labute approximate surface area is 180 Å². The van der Waals surface area contributed by atoms with Crippen LogP contribution in [0.4, 0.5) is 5.69 Å². The molecule has 2 aromatic carbocycles. The molecule has 1 unspecified atom stereocenters. The van der Waals surface area contributed by atoms with Gasteiger partial charge in [0.05, 0.1) is 20.8 Å². The van der Waals surface area contributed by atoms with Crippen LogP contribution < -0.4 is 14.4 Å². The normalized spacial score (nSPS) is 15.2. The number of hydrogen-bond acceptors (Lipinski definition) is 5. The largest absolute Gasteiger partial charge is 0.497 e. The van der Waals surface area contributed by atoms with Crippen LogP contribution in [-0.2, 0) is 11.2 Å². The van der Waals surface area contributed by atoms with Gasteiger partial charge in [-0.1, -0.05) is 12.1 Å². The Morgan fingerprint density at radius 3 is 2.00 bits per heavy atom. The lowest BCUT2D eigenvalue weighted by molar-refractivity contribution is -0.132. The first-order valence-electron chi connectivity index (χ1n) is 10.5. The van der Waals surface area contributed by atoms with E-state index in [1.54, 1.807) is 14.2 Å². The maximum Gasteiger partial charge on any atom is 0.236 e. The van der Waals surface area contributed by atoms with Gasteiger partial charge in [0.25, 0.3) is 0 Å². The molecule has 1 aliphatic heterocycles. The van der Waals surface area contributed by atoms with Gasteiger partial charge in [0.15, 0.2) is 0 Å². The van der Waals surface area contributed by atoms with Gasteiger partial charge in [-0.05, 0) is 62.4 Å². The van der Waals surface area contributed by atoms with Gasteiger partial charge in [-0.15, -0.1) is 0 Å². The van der Waals surface area contributed by atoms with E-state index < -0.39 is 0 Å². The molecule has 0 radical (unpaired) electrons. The molecule has 1 fully saturated rings. The van der Waals surface area contributed by atoms with Crippen LogP contribution in [0.1, 0.15) is 12.5 Å². The lowest BCUT2D eigenvalue weighted by atomic mass is 10.1. The van der Waals surface area contributed by atoms with E-state index >= 15 is 0 Å². The number of benzene rings is 2. The SMILES string of the molecule is COc1ccc(CC(C)N(C)CC(=O)N2CCN(c3ccc(OC)cc3)CC2)cc1. The van der Waals surface area contributed by atoms with Gasteiger partial charge in [-0.2, -0.15) is 0 Å². The third kappa shape index (κ3) is 5.66. The lowest BCUT2D eigenvalue weighted by Crippen LogP contribution is -2.51. The first kappa shape index (κ1) is 22.0. The predicted octanol–water partition coefficient (Wildman–Crippen LogP) is 2.92. The molecule has 0 aliphatic carbocycles. The molecule has 2 aromatic rings. The number of nitrogens with zero attached hydrogens (tertiary/aromatic N) is 3. The Balaban J connectivity index is 1.45. The van der Waals surface area contributed by atoms with Crippen molar-refractivity contribution in [2.45, 2.75) is 19.4 Å². The summed E-state index contributed by atoms with van der Waals surface area (Å²) in [4.78, 5) is 19.3. The molecule has 0 spiro atoms. The van der Waals surface area contributed by atoms with Crippen LogP contribution >= 0.6 is 0 Å². The predicted molar refractivity (Wildman–Crippen MR) is 121 cm³/mol. The molecular weight excluding hydrogens is 378 g/mol. The zero-order valence-corrected chi connectivity index (χ0v) is 18.5. The minimum absolute atomic E-state index is 0.202. The van der Waals surface area contributed by atoms with E-state index in [0.29, 0.717) is 6.54 Å². The molecule has 1 aliphatic rings. The van der Waals surface area contributed by atoms with Crippen molar-refractivity contribution in [3.8, 4) is 11.5 Å². The number of carbonyl (C=O) groups is 1. The van der Waals surface area contributed by atoms with Crippen LogP contribution in [0.3, 0.4) is 0 Å². The fourth-order valence-electron chi connectivity index (χ4n) is 3.73. The lowest BCUT2D eigenvalue weighted by Gasteiger charge is -2.37. The molecule has 0 aromatic heterocycles. The van der Waals surface area contributed by atoms with E-state index in [0.717, 1.165) is 44.1 Å². The molecule has 6 nitrogen and oxygen atoms in total. The first-order valence-corrected chi connectivity index (χ1v) is 10.5. The smallest absolute Gasteiger partial charge is 0.236 e. The van der Waals surface area contributed by atoms with E-state index in [4.69, 9.17) is 9.47 Å². The topological polar surface area (TPSA) is 45.2 Å². The number of likely N-dealkylation sites (N-methyl/N-ethyl adjacent to an activating group) is 1. The summed E-state index contributed by atoms with van der Waals surface area (Å²) in [6, 6.07) is 16.5. The fourth-order valence-corrected chi connectivity index (χ4v) is 3.73. The zero-order chi connectivity index (χ0) is 21.5. The summed E-state index contributed by atoms with van der Waals surface area (Å²) < 4.78 is 10.4. The number of piperazine rings is 1. The van der Waals surface area contributed by atoms with Crippen molar-refractivity contribution in [2.75, 3.05) is 58.9 Å². The van der Waals surface area contributed by atoms with Crippen LogP contribution in [0, 0.1) is 0 Å². The van der Waals surface area contributed by atoms with E-state index in [1.807, 2.05) is 36.2 Å². The minimum Gasteiger partial charge on any atom is -0.497 e. The van der Waals surface area contributed by atoms with Crippen molar-refractivity contribution in [1.29, 1.82) is 0 Å². The average Bonchev–Trinajstić information content (AvgIpc) is 2.79. The zero-order valence-electron chi connectivity index (χ0n) is 18.5. The monoisotopic (exact) mass is 411 g/mol. The van der Waals surface area contributed by atoms with Gasteiger partial charge in [0.1, 0.15) is 11.5 Å². The Bertz CT molecular complexity index is 799. The molecule has 0 saturated carbocycles. The van der Waals surface area contributed by atoms with Gasteiger partial charge in [0.2, 0.25) is 5.91 Å². The van der Waals surface area contributed by atoms with Crippen LogP contribution in [0.2, 0.25) is 0 Å². The van der Waals surface area contributed by atoms with E-state index in [1.165, 1.54) is 11.3 Å². The molecule has 162 valence electrons. The van der Waals surface area contributed by atoms with Crippen molar-refractivity contribution >= 4 is 11.6 Å². The second kappa shape index (κ2) is 10.3. The highest BCUT2D eigenvalue weighted by molar-refractivity contribution is 5.78. The van der Waals surface area contributed by atoms with Gasteiger partial charge >= 0.3 is 0 Å². The summed E-state index contributed by atoms with van der Waals surface area (Å²) in [5.41, 5.74) is 2.42. The van der Waals surface area contributed by atoms with E-state index in [2.05, 4.69) is 41.0 Å². The van der Waals surface area contributed by atoms with Crippen molar-refractivity contribution < 1.29 is 14.3 Å². The van der Waals surface area contributed by atoms with E-state index in [9.17, 15) is 4.79 Å². The molecule has 6 heteroatoms. The van der Waals surface area contributed by atoms with Gasteiger partial charge in [0, 0.05) is 37.9 Å². The highest BCUT2D eigenvalue weighted by Gasteiger charge is 2.23. The number of methoxy groups -OCH3 is 2. The Hall–Kier alpha value is -2.73. The second-order valence-electron chi connectivity index (χ2n) is 7.88. The Kier molecular flexibility index (Phi) is 7.57. The number of ether oxygens (including phenoxy) is 2. The van der Waals surface area contributed by atoms with Gasteiger partial charge < -0.3 is 19.3 Å². The molecular formula is C24H33N3O3. The highest BCUT2D eigenvalue weighted by atomic mass is 16.5. The third-order valence-electron chi connectivity index (χ3n) is 5.90. The number of anilines is 1. The molecule has 1 saturated heterocycles. The van der Waals surface area contributed by atoms with Crippen LogP contribution in [0.25, 0.3) is 0 Å². The van der Waals surface area contributed by atoms with Crippen molar-refractivity contribution in [2.24, 2.45) is 0 Å². The minimum atomic E-state index is 0.202. The van der Waals surface area contributed by atoms with Gasteiger partial charge in [-0.25, -0.2) is 0 Å². The maximum atomic E-state index is 12.8. The summed E-state index contributed by atoms with van der Waals surface area (Å²) in [6.45, 7) is 5.82. The van der Waals surface area contributed by atoms with Crippen molar-refractivity contribution in [3.63, 3.8) is 0 Å². The molecule has 1 amide bonds. The third-order valence-corrected chi connectivity index (χ3v) is 5.90. The van der Waals surface area contributed by atoms with Crippen LogP contribution in [0.15, 0.2) is 48.5 Å². The molecule has 1 heterocycles. The summed E-state index contributed by atoms with van der Waals surface area (Å²) in [6.07, 6.45) is 0.902.